The number of hydrogen-bond donors (Lipinski definition) is 2. The van der Waals surface area contributed by atoms with Crippen molar-refractivity contribution in [3.8, 4) is 0 Å². The molecule has 0 spiro atoms. The zero-order valence-electron chi connectivity index (χ0n) is 11.8. The summed E-state index contributed by atoms with van der Waals surface area (Å²) in [5, 5.41) is 9.41. The van der Waals surface area contributed by atoms with Crippen molar-refractivity contribution < 1.29 is 5.11 Å². The number of hydrogen-bond acceptors (Lipinski definition) is 3. The summed E-state index contributed by atoms with van der Waals surface area (Å²) in [4.78, 5) is 2.56. The van der Waals surface area contributed by atoms with Gasteiger partial charge in [0.2, 0.25) is 0 Å². The molecule has 0 aromatic carbocycles. The van der Waals surface area contributed by atoms with E-state index in [4.69, 9.17) is 5.73 Å². The smallest absolute Gasteiger partial charge is 0.0611 e. The fraction of sp³-hybridized carbons (Fsp3) is 1.00. The lowest BCUT2D eigenvalue weighted by molar-refractivity contribution is 0.0757. The molecule has 0 aromatic heterocycles. The summed E-state index contributed by atoms with van der Waals surface area (Å²) in [7, 11) is 0. The van der Waals surface area contributed by atoms with Crippen LogP contribution in [0.2, 0.25) is 0 Å². The molecule has 0 amide bonds. The van der Waals surface area contributed by atoms with E-state index in [1.165, 1.54) is 19.4 Å². The van der Waals surface area contributed by atoms with Gasteiger partial charge in [0.1, 0.15) is 0 Å². The topological polar surface area (TPSA) is 49.5 Å². The van der Waals surface area contributed by atoms with Gasteiger partial charge in [-0.05, 0) is 38.1 Å². The van der Waals surface area contributed by atoms with Crippen LogP contribution in [0.5, 0.6) is 0 Å². The summed E-state index contributed by atoms with van der Waals surface area (Å²) >= 11 is 0. The molecule has 1 aliphatic carbocycles. The predicted octanol–water partition coefficient (Wildman–Crippen LogP) is 1.99. The molecule has 0 heterocycles. The van der Waals surface area contributed by atoms with E-state index in [1.807, 2.05) is 0 Å². The van der Waals surface area contributed by atoms with Crippen LogP contribution < -0.4 is 5.73 Å². The number of nitrogens with zero attached hydrogens (tertiary/aromatic N) is 1. The largest absolute Gasteiger partial charge is 0.394 e. The van der Waals surface area contributed by atoms with Gasteiger partial charge in [0.25, 0.3) is 0 Å². The van der Waals surface area contributed by atoms with Gasteiger partial charge in [0.05, 0.1) is 6.61 Å². The average Bonchev–Trinajstić information content (AvgIpc) is 2.35. The maximum atomic E-state index is 9.41. The fourth-order valence-corrected chi connectivity index (χ4v) is 2.88. The van der Waals surface area contributed by atoms with Crippen molar-refractivity contribution in [2.75, 3.05) is 19.7 Å². The minimum absolute atomic E-state index is 0.129. The summed E-state index contributed by atoms with van der Waals surface area (Å²) in [5.74, 6) is 0.748. The second-order valence-corrected chi connectivity index (χ2v) is 5.87. The highest BCUT2D eigenvalue weighted by molar-refractivity contribution is 4.93. The minimum atomic E-state index is -0.328. The first-order valence-corrected chi connectivity index (χ1v) is 7.18. The lowest BCUT2D eigenvalue weighted by atomic mass is 9.79. The summed E-state index contributed by atoms with van der Waals surface area (Å²) < 4.78 is 0. The first-order chi connectivity index (χ1) is 8.04. The number of aliphatic hydroxyl groups excluding tert-OH is 1. The second-order valence-electron chi connectivity index (χ2n) is 5.87. The van der Waals surface area contributed by atoms with Crippen LogP contribution in [-0.4, -0.2) is 41.3 Å². The molecule has 102 valence electrons. The number of rotatable bonds is 6. The third-order valence-electron chi connectivity index (χ3n) is 4.33. The average molecular weight is 242 g/mol. The Labute approximate surface area is 106 Å². The molecule has 0 bridgehead atoms. The van der Waals surface area contributed by atoms with Crippen LogP contribution in [0.3, 0.4) is 0 Å². The zero-order chi connectivity index (χ0) is 12.9. The van der Waals surface area contributed by atoms with Gasteiger partial charge in [0.15, 0.2) is 0 Å². The molecule has 3 N–H and O–H groups in total. The Kier molecular flexibility index (Phi) is 5.90. The van der Waals surface area contributed by atoms with Crippen molar-refractivity contribution in [1.29, 1.82) is 0 Å². The number of nitrogens with two attached hydrogens (primary N) is 1. The van der Waals surface area contributed by atoms with Crippen LogP contribution in [-0.2, 0) is 0 Å². The standard InChI is InChI=1S/C14H30N2O/c1-4-12(3)10-16(5-2)13-7-6-8-14(15,9-13)11-17/h12-13,17H,4-11,15H2,1-3H3. The van der Waals surface area contributed by atoms with Crippen molar-refractivity contribution in [2.45, 2.75) is 64.5 Å². The predicted molar refractivity (Wildman–Crippen MR) is 73.0 cm³/mol. The maximum absolute atomic E-state index is 9.41. The molecule has 0 aliphatic heterocycles. The lowest BCUT2D eigenvalue weighted by Gasteiger charge is -2.42. The van der Waals surface area contributed by atoms with Crippen LogP contribution in [0.15, 0.2) is 0 Å². The molecule has 1 rings (SSSR count). The minimum Gasteiger partial charge on any atom is -0.394 e. The van der Waals surface area contributed by atoms with Gasteiger partial charge in [-0.25, -0.2) is 0 Å². The molecule has 3 nitrogen and oxygen atoms in total. The molecular weight excluding hydrogens is 212 g/mol. The SMILES string of the molecule is CCC(C)CN(CC)C1CCCC(N)(CO)C1. The van der Waals surface area contributed by atoms with E-state index in [-0.39, 0.29) is 12.1 Å². The van der Waals surface area contributed by atoms with Crippen LogP contribution >= 0.6 is 0 Å². The molecule has 0 aromatic rings. The Morgan fingerprint density at radius 2 is 2.18 bits per heavy atom. The Bertz CT molecular complexity index is 222. The molecule has 3 heteroatoms. The van der Waals surface area contributed by atoms with Gasteiger partial charge >= 0.3 is 0 Å². The Morgan fingerprint density at radius 1 is 1.47 bits per heavy atom. The van der Waals surface area contributed by atoms with Crippen molar-refractivity contribution in [3.63, 3.8) is 0 Å². The first-order valence-electron chi connectivity index (χ1n) is 7.18. The molecular formula is C14H30N2O. The summed E-state index contributed by atoms with van der Waals surface area (Å²) in [6, 6.07) is 0.569. The Hall–Kier alpha value is -0.120. The quantitative estimate of drug-likeness (QED) is 0.749. The lowest BCUT2D eigenvalue weighted by Crippen LogP contribution is -2.53. The monoisotopic (exact) mass is 242 g/mol. The van der Waals surface area contributed by atoms with Crippen molar-refractivity contribution in [1.82, 2.24) is 4.90 Å². The molecule has 3 unspecified atom stereocenters. The van der Waals surface area contributed by atoms with E-state index in [9.17, 15) is 5.11 Å². The van der Waals surface area contributed by atoms with Gasteiger partial charge < -0.3 is 15.7 Å². The number of aliphatic hydroxyl groups is 1. The van der Waals surface area contributed by atoms with Gasteiger partial charge in [-0.2, -0.15) is 0 Å². The summed E-state index contributed by atoms with van der Waals surface area (Å²) in [6.07, 6.45) is 5.55. The normalized spacial score (nSPS) is 31.8. The Morgan fingerprint density at radius 3 is 2.71 bits per heavy atom. The summed E-state index contributed by atoms with van der Waals surface area (Å²) in [5.41, 5.74) is 5.90. The highest BCUT2D eigenvalue weighted by Crippen LogP contribution is 2.29. The van der Waals surface area contributed by atoms with Crippen molar-refractivity contribution in [3.05, 3.63) is 0 Å². The highest BCUT2D eigenvalue weighted by atomic mass is 16.3. The molecule has 1 aliphatic rings. The van der Waals surface area contributed by atoms with E-state index >= 15 is 0 Å². The van der Waals surface area contributed by atoms with Gasteiger partial charge in [-0.3, -0.25) is 0 Å². The molecule has 0 saturated heterocycles. The zero-order valence-corrected chi connectivity index (χ0v) is 11.8. The first kappa shape index (κ1) is 14.9. The maximum Gasteiger partial charge on any atom is 0.0611 e. The van der Waals surface area contributed by atoms with Gasteiger partial charge in [-0.15, -0.1) is 0 Å². The molecule has 1 saturated carbocycles. The Balaban J connectivity index is 2.56. The summed E-state index contributed by atoms with van der Waals surface area (Å²) in [6.45, 7) is 9.18. The van der Waals surface area contributed by atoms with E-state index in [0.717, 1.165) is 31.7 Å². The third-order valence-corrected chi connectivity index (χ3v) is 4.33. The van der Waals surface area contributed by atoms with Crippen LogP contribution in [0.1, 0.15) is 52.9 Å². The van der Waals surface area contributed by atoms with E-state index in [1.54, 1.807) is 0 Å². The second kappa shape index (κ2) is 6.72. The highest BCUT2D eigenvalue weighted by Gasteiger charge is 2.34. The van der Waals surface area contributed by atoms with E-state index < -0.39 is 0 Å². The third kappa shape index (κ3) is 4.23. The molecule has 3 atom stereocenters. The van der Waals surface area contributed by atoms with Crippen LogP contribution in [0, 0.1) is 5.92 Å². The molecule has 17 heavy (non-hydrogen) atoms. The van der Waals surface area contributed by atoms with Crippen LogP contribution in [0.25, 0.3) is 0 Å². The van der Waals surface area contributed by atoms with E-state index in [2.05, 4.69) is 25.7 Å². The molecule has 0 radical (unpaired) electrons. The van der Waals surface area contributed by atoms with E-state index in [0.29, 0.717) is 6.04 Å². The van der Waals surface area contributed by atoms with Gasteiger partial charge in [0, 0.05) is 18.1 Å². The fourth-order valence-electron chi connectivity index (χ4n) is 2.88. The van der Waals surface area contributed by atoms with Crippen LogP contribution in [0.4, 0.5) is 0 Å². The van der Waals surface area contributed by atoms with Gasteiger partial charge in [-0.1, -0.05) is 27.2 Å². The van der Waals surface area contributed by atoms with Crippen molar-refractivity contribution in [2.24, 2.45) is 11.7 Å². The molecule has 1 fully saturated rings. The van der Waals surface area contributed by atoms with Crippen molar-refractivity contribution >= 4 is 0 Å².